The lowest BCUT2D eigenvalue weighted by Gasteiger charge is -2.24. The SMILES string of the molecule is CCOc1ccc2nc(SCC(=O)N(Cc3nnc(-c4ccccc4Cl)o3)C(C)C)[nH]c2c1. The number of carbonyl (C=O) groups excluding carboxylic acids is 1. The molecule has 2 aromatic carbocycles. The maximum Gasteiger partial charge on any atom is 0.249 e. The molecule has 33 heavy (non-hydrogen) atoms. The molecule has 0 bridgehead atoms. The second-order valence-corrected chi connectivity index (χ2v) is 8.91. The van der Waals surface area contributed by atoms with Crippen molar-refractivity contribution in [3.05, 3.63) is 53.4 Å². The highest BCUT2D eigenvalue weighted by Crippen LogP contribution is 2.27. The van der Waals surface area contributed by atoms with E-state index in [1.165, 1.54) is 11.8 Å². The maximum atomic E-state index is 13.0. The van der Waals surface area contributed by atoms with Crippen molar-refractivity contribution in [2.75, 3.05) is 12.4 Å². The smallest absolute Gasteiger partial charge is 0.249 e. The van der Waals surface area contributed by atoms with Gasteiger partial charge in [-0.15, -0.1) is 10.2 Å². The molecule has 10 heteroatoms. The molecule has 0 aliphatic carbocycles. The minimum absolute atomic E-state index is 0.0433. The number of halogens is 1. The van der Waals surface area contributed by atoms with Crippen LogP contribution in [-0.2, 0) is 11.3 Å². The molecule has 0 unspecified atom stereocenters. The zero-order valence-corrected chi connectivity index (χ0v) is 20.1. The number of hydrogen-bond acceptors (Lipinski definition) is 7. The summed E-state index contributed by atoms with van der Waals surface area (Å²) >= 11 is 7.57. The van der Waals surface area contributed by atoms with Gasteiger partial charge in [-0.1, -0.05) is 35.5 Å². The average molecular weight is 486 g/mol. The highest BCUT2D eigenvalue weighted by molar-refractivity contribution is 7.99. The van der Waals surface area contributed by atoms with E-state index in [9.17, 15) is 4.79 Å². The van der Waals surface area contributed by atoms with E-state index in [1.807, 2.05) is 57.2 Å². The summed E-state index contributed by atoms with van der Waals surface area (Å²) in [6, 6.07) is 12.9. The van der Waals surface area contributed by atoms with Crippen molar-refractivity contribution in [1.82, 2.24) is 25.1 Å². The fourth-order valence-corrected chi connectivity index (χ4v) is 4.26. The number of H-pyrrole nitrogens is 1. The van der Waals surface area contributed by atoms with Gasteiger partial charge in [-0.3, -0.25) is 4.79 Å². The van der Waals surface area contributed by atoms with Crippen LogP contribution in [0.1, 0.15) is 26.7 Å². The molecule has 4 aromatic rings. The van der Waals surface area contributed by atoms with E-state index < -0.39 is 0 Å². The van der Waals surface area contributed by atoms with Crippen LogP contribution in [0.4, 0.5) is 0 Å². The Morgan fingerprint density at radius 1 is 1.24 bits per heavy atom. The van der Waals surface area contributed by atoms with Crippen molar-refractivity contribution >= 4 is 40.3 Å². The number of nitrogens with zero attached hydrogens (tertiary/aromatic N) is 4. The summed E-state index contributed by atoms with van der Waals surface area (Å²) in [5.41, 5.74) is 2.36. The Bertz CT molecular complexity index is 1260. The summed E-state index contributed by atoms with van der Waals surface area (Å²) in [4.78, 5) is 22.5. The van der Waals surface area contributed by atoms with Gasteiger partial charge in [0.1, 0.15) is 5.75 Å². The van der Waals surface area contributed by atoms with Gasteiger partial charge in [0.15, 0.2) is 5.16 Å². The molecule has 8 nitrogen and oxygen atoms in total. The van der Waals surface area contributed by atoms with Crippen LogP contribution in [0.3, 0.4) is 0 Å². The average Bonchev–Trinajstić information content (AvgIpc) is 3.42. The predicted molar refractivity (Wildman–Crippen MR) is 128 cm³/mol. The lowest BCUT2D eigenvalue weighted by atomic mass is 10.2. The standard InChI is InChI=1S/C23H24ClN5O3S/c1-4-31-15-9-10-18-19(11-15)26-23(25-18)33-13-21(30)29(14(2)3)12-20-27-28-22(32-20)16-7-5-6-8-17(16)24/h5-11,14H,4,12-13H2,1-3H3,(H,25,26). The highest BCUT2D eigenvalue weighted by Gasteiger charge is 2.22. The van der Waals surface area contributed by atoms with Crippen molar-refractivity contribution in [1.29, 1.82) is 0 Å². The quantitative estimate of drug-likeness (QED) is 0.325. The molecule has 4 rings (SSSR count). The van der Waals surface area contributed by atoms with Gasteiger partial charge in [0, 0.05) is 12.1 Å². The third kappa shape index (κ3) is 5.48. The number of aromatic amines is 1. The molecule has 1 N–H and O–H groups in total. The Kier molecular flexibility index (Phi) is 7.20. The van der Waals surface area contributed by atoms with Gasteiger partial charge < -0.3 is 19.0 Å². The predicted octanol–water partition coefficient (Wildman–Crippen LogP) is 5.19. The monoisotopic (exact) mass is 485 g/mol. The summed E-state index contributed by atoms with van der Waals surface area (Å²) < 4.78 is 11.3. The third-order valence-corrected chi connectivity index (χ3v) is 6.08. The van der Waals surface area contributed by atoms with Crippen molar-refractivity contribution in [3.8, 4) is 17.2 Å². The summed E-state index contributed by atoms with van der Waals surface area (Å²) in [5.74, 6) is 1.63. The summed E-state index contributed by atoms with van der Waals surface area (Å²) in [6.45, 7) is 6.65. The van der Waals surface area contributed by atoms with Crippen molar-refractivity contribution in [2.24, 2.45) is 0 Å². The number of rotatable bonds is 9. The zero-order chi connectivity index (χ0) is 23.4. The second kappa shape index (κ2) is 10.3. The second-order valence-electron chi connectivity index (χ2n) is 7.54. The number of amides is 1. The van der Waals surface area contributed by atoms with Crippen LogP contribution in [0.5, 0.6) is 5.75 Å². The number of imidazole rings is 1. The van der Waals surface area contributed by atoms with Gasteiger partial charge in [-0.05, 0) is 45.0 Å². The number of hydrogen-bond donors (Lipinski definition) is 1. The number of carbonyl (C=O) groups is 1. The molecule has 0 atom stereocenters. The first-order chi connectivity index (χ1) is 15.9. The van der Waals surface area contributed by atoms with E-state index in [0.29, 0.717) is 34.1 Å². The molecule has 2 heterocycles. The minimum atomic E-state index is -0.0528. The normalized spacial score (nSPS) is 11.3. The van der Waals surface area contributed by atoms with Crippen molar-refractivity contribution in [3.63, 3.8) is 0 Å². The minimum Gasteiger partial charge on any atom is -0.494 e. The first kappa shape index (κ1) is 23.1. The van der Waals surface area contributed by atoms with Crippen LogP contribution in [0.15, 0.2) is 52.0 Å². The number of nitrogens with one attached hydrogen (secondary N) is 1. The molecule has 172 valence electrons. The Morgan fingerprint density at radius 3 is 2.82 bits per heavy atom. The number of thioether (sulfide) groups is 1. The van der Waals surface area contributed by atoms with Crippen LogP contribution in [0.2, 0.25) is 5.02 Å². The molecule has 1 amide bonds. The van der Waals surface area contributed by atoms with E-state index in [1.54, 1.807) is 11.0 Å². The topological polar surface area (TPSA) is 97.1 Å². The molecule has 0 radical (unpaired) electrons. The third-order valence-electron chi connectivity index (χ3n) is 4.90. The largest absolute Gasteiger partial charge is 0.494 e. The summed E-state index contributed by atoms with van der Waals surface area (Å²) in [7, 11) is 0. The molecule has 0 fully saturated rings. The fraction of sp³-hybridized carbons (Fsp3) is 0.304. The number of aromatic nitrogens is 4. The van der Waals surface area contributed by atoms with Crippen LogP contribution in [0.25, 0.3) is 22.5 Å². The van der Waals surface area contributed by atoms with E-state index in [0.717, 1.165) is 16.8 Å². The van der Waals surface area contributed by atoms with E-state index in [2.05, 4.69) is 20.2 Å². The molecular formula is C23H24ClN5O3S. The molecule has 0 aliphatic rings. The lowest BCUT2D eigenvalue weighted by Crippen LogP contribution is -2.37. The van der Waals surface area contributed by atoms with E-state index in [4.69, 9.17) is 20.8 Å². The van der Waals surface area contributed by atoms with Crippen molar-refractivity contribution in [2.45, 2.75) is 38.5 Å². The van der Waals surface area contributed by atoms with Crippen LogP contribution >= 0.6 is 23.4 Å². The summed E-state index contributed by atoms with van der Waals surface area (Å²) in [6.07, 6.45) is 0. The van der Waals surface area contributed by atoms with Crippen LogP contribution in [0, 0.1) is 0 Å². The first-order valence-electron chi connectivity index (χ1n) is 10.6. The highest BCUT2D eigenvalue weighted by atomic mass is 35.5. The molecule has 2 aromatic heterocycles. The Hall–Kier alpha value is -3.04. The lowest BCUT2D eigenvalue weighted by molar-refractivity contribution is -0.131. The van der Waals surface area contributed by atoms with Gasteiger partial charge in [0.2, 0.25) is 17.7 Å². The zero-order valence-electron chi connectivity index (χ0n) is 18.5. The van der Waals surface area contributed by atoms with Crippen LogP contribution < -0.4 is 4.74 Å². The van der Waals surface area contributed by atoms with Gasteiger partial charge in [-0.25, -0.2) is 4.98 Å². The Morgan fingerprint density at radius 2 is 2.06 bits per heavy atom. The van der Waals surface area contributed by atoms with E-state index in [-0.39, 0.29) is 24.2 Å². The van der Waals surface area contributed by atoms with E-state index >= 15 is 0 Å². The number of fused-ring (bicyclic) bond motifs is 1. The molecule has 0 aliphatic heterocycles. The van der Waals surface area contributed by atoms with Gasteiger partial charge in [0.05, 0.1) is 40.5 Å². The number of ether oxygens (including phenoxy) is 1. The Balaban J connectivity index is 1.42. The molecule has 0 saturated carbocycles. The first-order valence-corrected chi connectivity index (χ1v) is 11.9. The van der Waals surface area contributed by atoms with Gasteiger partial charge in [0.25, 0.3) is 0 Å². The van der Waals surface area contributed by atoms with Crippen LogP contribution in [-0.4, -0.2) is 49.4 Å². The molecule has 0 saturated heterocycles. The maximum absolute atomic E-state index is 13.0. The Labute approximate surface area is 200 Å². The van der Waals surface area contributed by atoms with Gasteiger partial charge in [-0.2, -0.15) is 0 Å². The molecular weight excluding hydrogens is 462 g/mol. The molecule has 0 spiro atoms. The van der Waals surface area contributed by atoms with Gasteiger partial charge >= 0.3 is 0 Å². The fourth-order valence-electron chi connectivity index (χ4n) is 3.27. The van der Waals surface area contributed by atoms with Crippen molar-refractivity contribution < 1.29 is 13.9 Å². The number of benzene rings is 2. The summed E-state index contributed by atoms with van der Waals surface area (Å²) in [5, 5.41) is 9.39.